The second-order valence-corrected chi connectivity index (χ2v) is 5.40. The molecule has 0 spiro atoms. The minimum atomic E-state index is -0.208. The van der Waals surface area contributed by atoms with Gasteiger partial charge in [-0.25, -0.2) is 4.68 Å². The molecule has 3 aromatic rings. The summed E-state index contributed by atoms with van der Waals surface area (Å²) in [5.41, 5.74) is 2.37. The minimum Gasteiger partial charge on any atom is -0.347 e. The summed E-state index contributed by atoms with van der Waals surface area (Å²) >= 11 is 5.82. The van der Waals surface area contributed by atoms with Crippen LogP contribution in [-0.2, 0) is 11.3 Å². The van der Waals surface area contributed by atoms with Gasteiger partial charge >= 0.3 is 0 Å². The van der Waals surface area contributed by atoms with Crippen LogP contribution >= 0.6 is 11.6 Å². The largest absolute Gasteiger partial charge is 0.347 e. The Morgan fingerprint density at radius 3 is 2.83 bits per heavy atom. The number of nitrogens with zero attached hydrogens (tertiary/aromatic N) is 4. The molecule has 0 unspecified atom stereocenters. The highest BCUT2D eigenvalue weighted by Gasteiger charge is 2.04. The van der Waals surface area contributed by atoms with Crippen LogP contribution < -0.4 is 5.32 Å². The fourth-order valence-corrected chi connectivity index (χ4v) is 2.10. The van der Waals surface area contributed by atoms with Crippen LogP contribution in [0.25, 0.3) is 11.8 Å². The van der Waals surface area contributed by atoms with Gasteiger partial charge in [0.05, 0.1) is 24.6 Å². The van der Waals surface area contributed by atoms with Crippen molar-refractivity contribution in [3.8, 4) is 5.69 Å². The molecule has 1 N–H and O–H groups in total. The van der Waals surface area contributed by atoms with Crippen molar-refractivity contribution in [1.82, 2.24) is 25.3 Å². The normalized spacial score (nSPS) is 10.9. The number of hydrogen-bond donors (Lipinski definition) is 1. The van der Waals surface area contributed by atoms with Crippen LogP contribution in [0.3, 0.4) is 0 Å². The molecule has 24 heavy (non-hydrogen) atoms. The zero-order chi connectivity index (χ0) is 16.8. The predicted octanol–water partition coefficient (Wildman–Crippen LogP) is 2.65. The molecule has 0 saturated carbocycles. The quantitative estimate of drug-likeness (QED) is 0.725. The Balaban J connectivity index is 1.55. The molecule has 1 aromatic carbocycles. The molecule has 0 saturated heterocycles. The monoisotopic (exact) mass is 339 g/mol. The van der Waals surface area contributed by atoms with E-state index in [2.05, 4.69) is 20.6 Å². The van der Waals surface area contributed by atoms with Crippen LogP contribution in [0, 0.1) is 0 Å². The third-order valence-electron chi connectivity index (χ3n) is 3.19. The van der Waals surface area contributed by atoms with Crippen LogP contribution in [0.5, 0.6) is 0 Å². The summed E-state index contributed by atoms with van der Waals surface area (Å²) < 4.78 is 1.61. The van der Waals surface area contributed by atoms with E-state index in [0.717, 1.165) is 11.3 Å². The number of pyridine rings is 1. The van der Waals surface area contributed by atoms with E-state index in [-0.39, 0.29) is 5.91 Å². The van der Waals surface area contributed by atoms with Crippen LogP contribution in [0.4, 0.5) is 0 Å². The molecule has 0 aliphatic heterocycles. The molecule has 2 heterocycles. The van der Waals surface area contributed by atoms with Gasteiger partial charge in [-0.05, 0) is 35.9 Å². The summed E-state index contributed by atoms with van der Waals surface area (Å²) in [5.74, 6) is -0.208. The Bertz CT molecular complexity index is 843. The standard InChI is InChI=1S/C17H14ClN5O/c18-14-6-3-13(4-7-14)5-8-17(24)20-10-15-12-23(22-21-15)16-2-1-9-19-11-16/h1-9,11-12H,10H2,(H,20,24)/b8-5+. The van der Waals surface area contributed by atoms with Crippen LogP contribution in [0.15, 0.2) is 61.1 Å². The van der Waals surface area contributed by atoms with Gasteiger partial charge < -0.3 is 5.32 Å². The third kappa shape index (κ3) is 4.27. The van der Waals surface area contributed by atoms with Gasteiger partial charge in [-0.3, -0.25) is 9.78 Å². The molecule has 0 aliphatic carbocycles. The summed E-state index contributed by atoms with van der Waals surface area (Å²) in [4.78, 5) is 15.9. The number of carbonyl (C=O) groups is 1. The van der Waals surface area contributed by atoms with Crippen molar-refractivity contribution < 1.29 is 4.79 Å². The van der Waals surface area contributed by atoms with Crippen molar-refractivity contribution in [2.75, 3.05) is 0 Å². The van der Waals surface area contributed by atoms with Crippen molar-refractivity contribution >= 4 is 23.6 Å². The van der Waals surface area contributed by atoms with E-state index < -0.39 is 0 Å². The summed E-state index contributed by atoms with van der Waals surface area (Å²) in [6.07, 6.45) is 8.31. The fraction of sp³-hybridized carbons (Fsp3) is 0.0588. The van der Waals surface area contributed by atoms with Gasteiger partial charge in [0.2, 0.25) is 5.91 Å². The molecule has 0 fully saturated rings. The molecule has 3 rings (SSSR count). The van der Waals surface area contributed by atoms with Gasteiger partial charge in [-0.1, -0.05) is 28.9 Å². The maximum atomic E-state index is 11.8. The molecule has 2 aromatic heterocycles. The fourth-order valence-electron chi connectivity index (χ4n) is 1.98. The SMILES string of the molecule is O=C(/C=C/c1ccc(Cl)cc1)NCc1cn(-c2cccnc2)nn1. The van der Waals surface area contributed by atoms with E-state index in [4.69, 9.17) is 11.6 Å². The first-order valence-electron chi connectivity index (χ1n) is 7.24. The number of hydrogen-bond acceptors (Lipinski definition) is 4. The van der Waals surface area contributed by atoms with Gasteiger partial charge in [0.25, 0.3) is 0 Å². The average molecular weight is 340 g/mol. The van der Waals surface area contributed by atoms with Crippen LogP contribution in [0.2, 0.25) is 5.02 Å². The Morgan fingerprint density at radius 2 is 2.08 bits per heavy atom. The highest BCUT2D eigenvalue weighted by molar-refractivity contribution is 6.30. The molecule has 0 atom stereocenters. The van der Waals surface area contributed by atoms with Gasteiger partial charge in [0.1, 0.15) is 5.69 Å². The summed E-state index contributed by atoms with van der Waals surface area (Å²) in [6.45, 7) is 0.296. The first-order valence-corrected chi connectivity index (χ1v) is 7.61. The number of nitrogens with one attached hydrogen (secondary N) is 1. The number of benzene rings is 1. The Kier molecular flexibility index (Phi) is 4.98. The van der Waals surface area contributed by atoms with Crippen molar-refractivity contribution in [3.05, 3.63) is 77.3 Å². The zero-order valence-corrected chi connectivity index (χ0v) is 13.4. The average Bonchev–Trinajstić information content (AvgIpc) is 3.09. The number of rotatable bonds is 5. The molecular formula is C17H14ClN5O. The topological polar surface area (TPSA) is 72.7 Å². The van der Waals surface area contributed by atoms with E-state index in [1.807, 2.05) is 24.3 Å². The maximum absolute atomic E-state index is 11.8. The lowest BCUT2D eigenvalue weighted by Gasteiger charge is -1.99. The van der Waals surface area contributed by atoms with E-state index in [9.17, 15) is 4.79 Å². The zero-order valence-electron chi connectivity index (χ0n) is 12.6. The number of aromatic nitrogens is 4. The maximum Gasteiger partial charge on any atom is 0.244 e. The van der Waals surface area contributed by atoms with E-state index >= 15 is 0 Å². The number of amides is 1. The van der Waals surface area contributed by atoms with Crippen molar-refractivity contribution in [3.63, 3.8) is 0 Å². The van der Waals surface area contributed by atoms with Crippen molar-refractivity contribution in [1.29, 1.82) is 0 Å². The van der Waals surface area contributed by atoms with Gasteiger partial charge in [-0.2, -0.15) is 0 Å². The van der Waals surface area contributed by atoms with E-state index in [1.165, 1.54) is 6.08 Å². The molecule has 1 amide bonds. The molecule has 0 bridgehead atoms. The number of halogens is 1. The van der Waals surface area contributed by atoms with E-state index in [1.54, 1.807) is 41.5 Å². The minimum absolute atomic E-state index is 0.208. The van der Waals surface area contributed by atoms with Crippen molar-refractivity contribution in [2.24, 2.45) is 0 Å². The second-order valence-electron chi connectivity index (χ2n) is 4.97. The van der Waals surface area contributed by atoms with Gasteiger partial charge in [0, 0.05) is 17.3 Å². The lowest BCUT2D eigenvalue weighted by molar-refractivity contribution is -0.116. The highest BCUT2D eigenvalue weighted by Crippen LogP contribution is 2.10. The summed E-state index contributed by atoms with van der Waals surface area (Å²) in [6, 6.07) is 10.9. The van der Waals surface area contributed by atoms with Crippen LogP contribution in [0.1, 0.15) is 11.3 Å². The molecule has 7 heteroatoms. The Hall–Kier alpha value is -2.99. The Morgan fingerprint density at radius 1 is 1.25 bits per heavy atom. The smallest absolute Gasteiger partial charge is 0.244 e. The highest BCUT2D eigenvalue weighted by atomic mass is 35.5. The lowest BCUT2D eigenvalue weighted by Crippen LogP contribution is -2.20. The summed E-state index contributed by atoms with van der Waals surface area (Å²) in [5, 5.41) is 11.5. The second kappa shape index (κ2) is 7.52. The molecular weight excluding hydrogens is 326 g/mol. The molecule has 0 radical (unpaired) electrons. The Labute approximate surface area is 143 Å². The first kappa shape index (κ1) is 15.9. The predicted molar refractivity (Wildman–Crippen MR) is 91.5 cm³/mol. The van der Waals surface area contributed by atoms with Crippen molar-refractivity contribution in [2.45, 2.75) is 6.54 Å². The summed E-state index contributed by atoms with van der Waals surface area (Å²) in [7, 11) is 0. The van der Waals surface area contributed by atoms with Crippen LogP contribution in [-0.4, -0.2) is 25.9 Å². The third-order valence-corrected chi connectivity index (χ3v) is 3.44. The molecule has 120 valence electrons. The lowest BCUT2D eigenvalue weighted by atomic mass is 10.2. The van der Waals surface area contributed by atoms with Gasteiger partial charge in [0.15, 0.2) is 0 Å². The molecule has 0 aliphatic rings. The number of carbonyl (C=O) groups excluding carboxylic acids is 1. The van der Waals surface area contributed by atoms with Gasteiger partial charge in [-0.15, -0.1) is 5.10 Å². The van der Waals surface area contributed by atoms with E-state index in [0.29, 0.717) is 17.3 Å². The molecule has 6 nitrogen and oxygen atoms in total. The first-order chi connectivity index (χ1) is 11.7.